The van der Waals surface area contributed by atoms with E-state index in [9.17, 15) is 4.79 Å². The zero-order chi connectivity index (χ0) is 14.9. The van der Waals surface area contributed by atoms with Crippen LogP contribution in [0.15, 0.2) is 54.2 Å². The maximum atomic E-state index is 12.0. The molecule has 2 aliphatic rings. The first-order valence-electron chi connectivity index (χ1n) is 6.93. The zero-order valence-electron chi connectivity index (χ0n) is 11.6. The fourth-order valence-electron chi connectivity index (χ4n) is 2.45. The Hall–Kier alpha value is -2.95. The number of esters is 1. The lowest BCUT2D eigenvalue weighted by molar-refractivity contribution is -0.139. The molecular weight excluding hydrogens is 282 g/mol. The van der Waals surface area contributed by atoms with E-state index >= 15 is 0 Å². The van der Waals surface area contributed by atoms with Gasteiger partial charge in [-0.25, -0.2) is 4.79 Å². The number of rotatable bonds is 2. The van der Waals surface area contributed by atoms with Crippen molar-refractivity contribution in [1.29, 1.82) is 0 Å². The first-order valence-corrected chi connectivity index (χ1v) is 6.93. The smallest absolute Gasteiger partial charge is 0.356 e. The van der Waals surface area contributed by atoms with Crippen LogP contribution in [-0.4, -0.2) is 12.8 Å². The van der Waals surface area contributed by atoms with E-state index in [1.54, 1.807) is 6.08 Å². The van der Waals surface area contributed by atoms with Gasteiger partial charge in [-0.1, -0.05) is 36.4 Å². The highest BCUT2D eigenvalue weighted by Crippen LogP contribution is 2.33. The third-order valence-electron chi connectivity index (χ3n) is 3.54. The number of benzene rings is 2. The summed E-state index contributed by atoms with van der Waals surface area (Å²) in [7, 11) is 0. The normalized spacial score (nSPS) is 20.8. The van der Waals surface area contributed by atoms with Crippen molar-refractivity contribution in [2.24, 2.45) is 0 Å². The minimum Gasteiger partial charge on any atom is -0.454 e. The van der Waals surface area contributed by atoms with Crippen molar-refractivity contribution in [1.82, 2.24) is 5.32 Å². The number of nitrogens with one attached hydrogen (secondary N) is 1. The summed E-state index contributed by atoms with van der Waals surface area (Å²) in [5.74, 6) is 1.03. The van der Waals surface area contributed by atoms with Crippen LogP contribution in [0.2, 0.25) is 0 Å². The Morgan fingerprint density at radius 3 is 2.73 bits per heavy atom. The Balaban J connectivity index is 1.59. The predicted molar refractivity (Wildman–Crippen MR) is 79.0 cm³/mol. The Morgan fingerprint density at radius 1 is 1.05 bits per heavy atom. The molecule has 0 saturated carbocycles. The number of carbonyl (C=O) groups excluding carboxylic acids is 1. The van der Waals surface area contributed by atoms with Gasteiger partial charge in [0.15, 0.2) is 17.7 Å². The first-order chi connectivity index (χ1) is 10.8. The lowest BCUT2D eigenvalue weighted by Gasteiger charge is -2.08. The average Bonchev–Trinajstić information content (AvgIpc) is 3.15. The molecule has 0 spiro atoms. The molecule has 2 heterocycles. The van der Waals surface area contributed by atoms with E-state index in [0.29, 0.717) is 17.2 Å². The summed E-state index contributed by atoms with van der Waals surface area (Å²) in [6, 6.07) is 15.1. The molecule has 0 amide bonds. The summed E-state index contributed by atoms with van der Waals surface area (Å²) >= 11 is 0. The minimum atomic E-state index is -0.450. The monoisotopic (exact) mass is 295 g/mol. The second-order valence-electron chi connectivity index (χ2n) is 5.01. The van der Waals surface area contributed by atoms with E-state index < -0.39 is 6.23 Å². The van der Waals surface area contributed by atoms with Gasteiger partial charge in [-0.2, -0.15) is 0 Å². The van der Waals surface area contributed by atoms with Crippen molar-refractivity contribution < 1.29 is 19.0 Å². The quantitative estimate of drug-likeness (QED) is 0.682. The molecule has 5 nitrogen and oxygen atoms in total. The van der Waals surface area contributed by atoms with Crippen LogP contribution >= 0.6 is 0 Å². The number of carbonyl (C=O) groups is 1. The molecule has 0 aromatic heterocycles. The third-order valence-corrected chi connectivity index (χ3v) is 3.54. The van der Waals surface area contributed by atoms with Crippen LogP contribution < -0.4 is 14.8 Å². The molecule has 0 unspecified atom stereocenters. The van der Waals surface area contributed by atoms with Gasteiger partial charge in [-0.3, -0.25) is 0 Å². The third kappa shape index (κ3) is 2.26. The Bertz CT molecular complexity index is 755. The Kier molecular flexibility index (Phi) is 2.96. The maximum absolute atomic E-state index is 12.0. The van der Waals surface area contributed by atoms with E-state index in [-0.39, 0.29) is 12.8 Å². The number of fused-ring (bicyclic) bond motifs is 1. The maximum Gasteiger partial charge on any atom is 0.356 e. The predicted octanol–water partition coefficient (Wildman–Crippen LogP) is 2.60. The fraction of sp³-hybridized carbons (Fsp3) is 0.118. The highest BCUT2D eigenvalue weighted by atomic mass is 16.7. The van der Waals surface area contributed by atoms with Crippen LogP contribution in [0.25, 0.3) is 6.08 Å². The van der Waals surface area contributed by atoms with Gasteiger partial charge in [-0.05, 0) is 23.8 Å². The van der Waals surface area contributed by atoms with E-state index in [2.05, 4.69) is 5.32 Å². The molecule has 1 saturated heterocycles. The van der Waals surface area contributed by atoms with Crippen molar-refractivity contribution in [2.75, 3.05) is 6.79 Å². The zero-order valence-corrected chi connectivity index (χ0v) is 11.6. The lowest BCUT2D eigenvalue weighted by Crippen LogP contribution is -2.12. The molecule has 2 aliphatic heterocycles. The van der Waals surface area contributed by atoms with Gasteiger partial charge in [0.25, 0.3) is 0 Å². The number of ether oxygens (including phenoxy) is 3. The fourth-order valence-corrected chi connectivity index (χ4v) is 2.45. The van der Waals surface area contributed by atoms with Crippen molar-refractivity contribution in [3.63, 3.8) is 0 Å². The second kappa shape index (κ2) is 5.11. The minimum absolute atomic E-state index is 0.228. The molecule has 2 aromatic carbocycles. The standard InChI is InChI=1S/C17H13NO4/c19-17-13(18-16(22-17)12-4-2-1-3-5-12)8-11-6-7-14-15(9-11)21-10-20-14/h1-9,16,18H,10H2/b13-8+/t16-/m1/s1. The van der Waals surface area contributed by atoms with Crippen LogP contribution in [0.1, 0.15) is 17.4 Å². The highest BCUT2D eigenvalue weighted by molar-refractivity contribution is 5.95. The van der Waals surface area contributed by atoms with Gasteiger partial charge in [0, 0.05) is 5.56 Å². The first kappa shape index (κ1) is 12.8. The van der Waals surface area contributed by atoms with Gasteiger partial charge in [0.2, 0.25) is 6.79 Å². The molecular formula is C17H13NO4. The highest BCUT2D eigenvalue weighted by Gasteiger charge is 2.29. The van der Waals surface area contributed by atoms with Crippen LogP contribution in [0.5, 0.6) is 11.5 Å². The molecule has 4 rings (SSSR count). The van der Waals surface area contributed by atoms with Crippen LogP contribution in [0.3, 0.4) is 0 Å². The Labute approximate surface area is 127 Å². The van der Waals surface area contributed by atoms with Crippen LogP contribution in [-0.2, 0) is 9.53 Å². The van der Waals surface area contributed by atoms with Crippen molar-refractivity contribution in [3.8, 4) is 11.5 Å². The molecule has 2 aromatic rings. The van der Waals surface area contributed by atoms with Gasteiger partial charge in [0.1, 0.15) is 5.70 Å². The summed E-state index contributed by atoms with van der Waals surface area (Å²) in [6.07, 6.45) is 1.29. The van der Waals surface area contributed by atoms with Gasteiger partial charge >= 0.3 is 5.97 Å². The van der Waals surface area contributed by atoms with E-state index in [1.165, 1.54) is 0 Å². The Morgan fingerprint density at radius 2 is 1.86 bits per heavy atom. The summed E-state index contributed by atoms with van der Waals surface area (Å²) in [5, 5.41) is 3.09. The second-order valence-corrected chi connectivity index (χ2v) is 5.01. The van der Waals surface area contributed by atoms with Crippen molar-refractivity contribution >= 4 is 12.0 Å². The summed E-state index contributed by atoms with van der Waals surface area (Å²) in [4.78, 5) is 12.0. The van der Waals surface area contributed by atoms with Gasteiger partial charge in [0.05, 0.1) is 0 Å². The molecule has 0 aliphatic carbocycles. The average molecular weight is 295 g/mol. The molecule has 1 atom stereocenters. The molecule has 22 heavy (non-hydrogen) atoms. The van der Waals surface area contributed by atoms with Crippen molar-refractivity contribution in [3.05, 3.63) is 65.4 Å². The molecule has 1 N–H and O–H groups in total. The van der Waals surface area contributed by atoms with E-state index in [1.807, 2.05) is 48.5 Å². The number of hydrogen-bond acceptors (Lipinski definition) is 5. The summed E-state index contributed by atoms with van der Waals surface area (Å²) < 4.78 is 16.0. The summed E-state index contributed by atoms with van der Waals surface area (Å²) in [5.41, 5.74) is 2.18. The van der Waals surface area contributed by atoms with Gasteiger partial charge in [-0.15, -0.1) is 0 Å². The molecule has 110 valence electrons. The molecule has 0 radical (unpaired) electrons. The SMILES string of the molecule is O=C1O[C@H](c2ccccc2)N/C1=C/c1ccc2c(c1)OCO2. The molecule has 1 fully saturated rings. The lowest BCUT2D eigenvalue weighted by atomic mass is 10.1. The number of cyclic esters (lactones) is 1. The number of hydrogen-bond donors (Lipinski definition) is 1. The van der Waals surface area contributed by atoms with Crippen molar-refractivity contribution in [2.45, 2.75) is 6.23 Å². The van der Waals surface area contributed by atoms with Crippen LogP contribution in [0.4, 0.5) is 0 Å². The van der Waals surface area contributed by atoms with E-state index in [0.717, 1.165) is 11.1 Å². The largest absolute Gasteiger partial charge is 0.454 e. The summed E-state index contributed by atoms with van der Waals surface area (Å²) in [6.45, 7) is 0.228. The van der Waals surface area contributed by atoms with Crippen LogP contribution in [0, 0.1) is 0 Å². The molecule has 0 bridgehead atoms. The van der Waals surface area contributed by atoms with E-state index in [4.69, 9.17) is 14.2 Å². The molecule has 5 heteroatoms. The topological polar surface area (TPSA) is 56.8 Å². The van der Waals surface area contributed by atoms with Gasteiger partial charge < -0.3 is 19.5 Å².